The van der Waals surface area contributed by atoms with E-state index >= 15 is 0 Å². The van der Waals surface area contributed by atoms with Gasteiger partial charge >= 0.3 is 0 Å². The van der Waals surface area contributed by atoms with E-state index in [2.05, 4.69) is 399 Å². The summed E-state index contributed by atoms with van der Waals surface area (Å²) in [5.74, 6) is 0. The van der Waals surface area contributed by atoms with E-state index < -0.39 is 0 Å². The molecule has 0 bridgehead atoms. The molecule has 0 unspecified atom stereocenters. The van der Waals surface area contributed by atoms with E-state index in [0.29, 0.717) is 0 Å². The van der Waals surface area contributed by atoms with Crippen LogP contribution in [0.25, 0.3) is 190 Å². The number of rotatable bonds is 8. The summed E-state index contributed by atoms with van der Waals surface area (Å²) in [7, 11) is 0. The lowest BCUT2D eigenvalue weighted by molar-refractivity contribution is 0.660. The number of aromatic nitrogens is 1. The minimum absolute atomic E-state index is 0.0719. The van der Waals surface area contributed by atoms with Crippen molar-refractivity contribution in [1.29, 1.82) is 0 Å². The molecule has 0 fully saturated rings. The van der Waals surface area contributed by atoms with Crippen LogP contribution >= 0.6 is 22.7 Å². The highest BCUT2D eigenvalue weighted by Gasteiger charge is 2.36. The third-order valence-electron chi connectivity index (χ3n) is 23.4. The predicted molar refractivity (Wildman–Crippen MR) is 467 cm³/mol. The molecule has 0 aliphatic heterocycles. The van der Waals surface area contributed by atoms with Crippen molar-refractivity contribution in [3.05, 3.63) is 387 Å². The Balaban J connectivity index is 0.000000137. The maximum Gasteiger partial charge on any atom is 0.0541 e. The predicted octanol–water partition coefficient (Wildman–Crippen LogP) is 30.3. The Kier molecular flexibility index (Phi) is 14.4. The lowest BCUT2D eigenvalue weighted by atomic mass is 9.82. The number of thiophene rings is 2. The zero-order valence-electron chi connectivity index (χ0n) is 60.0. The summed E-state index contributed by atoms with van der Waals surface area (Å²) in [6, 6.07) is 139. The molecule has 0 radical (unpaired) electrons. The number of hydrogen-bond acceptors (Lipinski definition) is 3. The van der Waals surface area contributed by atoms with Gasteiger partial charge in [-0.25, -0.2) is 0 Å². The van der Waals surface area contributed by atoms with E-state index in [1.165, 1.54) is 201 Å². The van der Waals surface area contributed by atoms with Gasteiger partial charge in [0.1, 0.15) is 0 Å². The highest BCUT2D eigenvalue weighted by molar-refractivity contribution is 7.24. The quantitative estimate of drug-likeness (QED) is 0.147. The van der Waals surface area contributed by atoms with Gasteiger partial charge in [-0.05, 0) is 206 Å². The summed E-state index contributed by atoms with van der Waals surface area (Å²) in [5, 5.41) is 10.5. The fourth-order valence-electron chi connectivity index (χ4n) is 18.3. The first-order valence-electron chi connectivity index (χ1n) is 37.7. The molecule has 3 aliphatic carbocycles. The van der Waals surface area contributed by atoms with Crippen molar-refractivity contribution in [2.75, 3.05) is 4.90 Å². The van der Waals surface area contributed by atoms with Crippen LogP contribution in [0.2, 0.25) is 0 Å². The Hall–Kier alpha value is -13.2. The summed E-state index contributed by atoms with van der Waals surface area (Å²) >= 11 is 3.87. The molecule has 4 heteroatoms. The van der Waals surface area contributed by atoms with E-state index in [9.17, 15) is 0 Å². The minimum Gasteiger partial charge on any atom is -0.310 e. The van der Waals surface area contributed by atoms with Crippen LogP contribution in [0.3, 0.4) is 0 Å². The van der Waals surface area contributed by atoms with Gasteiger partial charge in [-0.15, -0.1) is 22.7 Å². The summed E-state index contributed by atoms with van der Waals surface area (Å²) in [5.41, 5.74) is 35.5. The molecule has 3 aromatic heterocycles. The van der Waals surface area contributed by atoms with Crippen molar-refractivity contribution >= 4 is 103 Å². The first kappa shape index (κ1) is 63.1. The average molecular weight is 1420 g/mol. The average Bonchev–Trinajstić information content (AvgIpc) is 1.60. The summed E-state index contributed by atoms with van der Waals surface area (Å²) < 4.78 is 5.09. The van der Waals surface area contributed by atoms with Crippen molar-refractivity contribution in [2.45, 2.75) is 19.3 Å². The topological polar surface area (TPSA) is 8.17 Å². The molecule has 510 valence electrons. The second-order valence-corrected chi connectivity index (χ2v) is 31.7. The maximum absolute atomic E-state index is 2.41. The third-order valence-corrected chi connectivity index (χ3v) is 25.9. The van der Waals surface area contributed by atoms with Crippen LogP contribution < -0.4 is 4.90 Å². The van der Waals surface area contributed by atoms with Crippen LogP contribution in [0.4, 0.5) is 17.1 Å². The lowest BCUT2D eigenvalue weighted by Gasteiger charge is -2.28. The van der Waals surface area contributed by atoms with Crippen LogP contribution in [0.5, 0.6) is 0 Å². The fourth-order valence-corrected chi connectivity index (χ4v) is 21.0. The van der Waals surface area contributed by atoms with Gasteiger partial charge in [-0.2, -0.15) is 0 Å². The molecule has 20 aromatic rings. The summed E-state index contributed by atoms with van der Waals surface area (Å²) in [6.07, 6.45) is 0. The number of hydrogen-bond donors (Lipinski definition) is 0. The van der Waals surface area contributed by atoms with Gasteiger partial charge in [0.25, 0.3) is 0 Å². The Morgan fingerprint density at radius 2 is 0.587 bits per heavy atom. The number of benzene rings is 17. The molecular formula is C105H68N2S2. The van der Waals surface area contributed by atoms with Gasteiger partial charge in [0.2, 0.25) is 0 Å². The van der Waals surface area contributed by atoms with Crippen molar-refractivity contribution in [2.24, 2.45) is 0 Å². The first-order valence-corrected chi connectivity index (χ1v) is 39.3. The normalized spacial score (nSPS) is 12.6. The van der Waals surface area contributed by atoms with Crippen molar-refractivity contribution in [3.8, 4) is 127 Å². The third kappa shape index (κ3) is 9.92. The monoisotopic (exact) mass is 1420 g/mol. The molecule has 0 saturated carbocycles. The largest absolute Gasteiger partial charge is 0.310 e. The van der Waals surface area contributed by atoms with Crippen LogP contribution in [0.1, 0.15) is 25.0 Å². The Morgan fingerprint density at radius 1 is 0.248 bits per heavy atom. The van der Waals surface area contributed by atoms with Crippen LogP contribution in [0, 0.1) is 0 Å². The Morgan fingerprint density at radius 3 is 1.07 bits per heavy atom. The smallest absolute Gasteiger partial charge is 0.0541 e. The highest BCUT2D eigenvalue weighted by Crippen LogP contribution is 2.59. The summed E-state index contributed by atoms with van der Waals surface area (Å²) in [6.45, 7) is 4.70. The fraction of sp³-hybridized carbons (Fsp3) is 0.0286. The molecule has 17 aromatic carbocycles. The highest BCUT2D eigenvalue weighted by atomic mass is 32.1. The Bertz CT molecular complexity index is 7040. The number of anilines is 3. The van der Waals surface area contributed by atoms with Crippen LogP contribution in [0.15, 0.2) is 376 Å². The number of para-hydroxylation sites is 3. The van der Waals surface area contributed by atoms with Crippen LogP contribution in [-0.4, -0.2) is 4.57 Å². The second-order valence-electron chi connectivity index (χ2n) is 29.7. The van der Waals surface area contributed by atoms with Gasteiger partial charge in [0, 0.05) is 80.0 Å². The maximum atomic E-state index is 2.41. The van der Waals surface area contributed by atoms with E-state index in [4.69, 9.17) is 0 Å². The number of nitrogens with zero attached hydrogens (tertiary/aromatic N) is 2. The zero-order chi connectivity index (χ0) is 72.0. The molecule has 3 heterocycles. The van der Waals surface area contributed by atoms with Crippen LogP contribution in [-0.2, 0) is 5.41 Å². The van der Waals surface area contributed by atoms with E-state index in [0.717, 1.165) is 17.1 Å². The minimum atomic E-state index is -0.0719. The molecule has 2 nitrogen and oxygen atoms in total. The van der Waals surface area contributed by atoms with Gasteiger partial charge in [-0.3, -0.25) is 0 Å². The van der Waals surface area contributed by atoms with E-state index in [1.54, 1.807) is 0 Å². The van der Waals surface area contributed by atoms with Gasteiger partial charge in [0.05, 0.1) is 11.0 Å². The SMILES string of the molecule is CC1(C)c2ccccc2-c2ccc(N(c3ccccc3)c3ccc(-c4ccc(-c5sc6c7c(cc8ccccc86)-c6ccccc6-c6ccccc6-c57)cc4)cc3)cc21.c1ccc2c(c1)-c1ccccc1-c1c(-c3ccc(-c4ccc(-n5c6ccccc6c6ccccc65)cc4)cc3)sc3c1c-2cc1ccccc13. The molecule has 0 amide bonds. The van der Waals surface area contributed by atoms with Gasteiger partial charge < -0.3 is 9.47 Å². The van der Waals surface area contributed by atoms with Crippen molar-refractivity contribution < 1.29 is 0 Å². The first-order chi connectivity index (χ1) is 53.8. The van der Waals surface area contributed by atoms with Gasteiger partial charge in [-0.1, -0.05) is 317 Å². The zero-order valence-corrected chi connectivity index (χ0v) is 61.6. The molecule has 3 aliphatic rings. The second kappa shape index (κ2) is 25.0. The molecule has 109 heavy (non-hydrogen) atoms. The van der Waals surface area contributed by atoms with Crippen molar-refractivity contribution in [3.63, 3.8) is 0 Å². The molecule has 0 N–H and O–H groups in total. The lowest BCUT2D eigenvalue weighted by Crippen LogP contribution is -2.16. The molecule has 0 saturated heterocycles. The standard InChI is InChI=1S/C57H39NS.C48H29NS/c1-57(2)51-23-13-12-21-47(51)48-33-32-42(35-52(48)57)58(40-15-4-3-5-16-40)41-30-28-37(29-31-41)36-24-26-38(27-25-36)55-53-49-22-11-10-19-45(49)44-18-8-9-20-46(44)50-34-39-14-6-7-17-43(39)56(59-55)54(50)53;1-2-12-35-33(11-1)29-42-38-15-4-3-13-36(38)37-14-5-6-18-41(37)45-46(42)48(35)50-47(45)32-23-21-30(22-24-32)31-25-27-34(28-26-31)49-43-19-9-7-16-39(43)40-17-8-10-20-44(40)49/h3-35H,1-2H3;1-29H. The summed E-state index contributed by atoms with van der Waals surface area (Å²) in [4.78, 5) is 5.03. The van der Waals surface area contributed by atoms with Crippen molar-refractivity contribution in [1.82, 2.24) is 4.57 Å². The molecule has 0 spiro atoms. The molecule has 0 atom stereocenters. The molecular weight excluding hydrogens is 1350 g/mol. The van der Waals surface area contributed by atoms with E-state index in [1.807, 2.05) is 22.7 Å². The molecule has 23 rings (SSSR count). The number of fused-ring (bicyclic) bond motifs is 20. The van der Waals surface area contributed by atoms with Gasteiger partial charge in [0.15, 0.2) is 0 Å². The Labute approximate surface area is 641 Å². The van der Waals surface area contributed by atoms with E-state index in [-0.39, 0.29) is 5.41 Å².